The van der Waals surface area contributed by atoms with E-state index in [0.717, 1.165) is 22.4 Å². The Labute approximate surface area is 165 Å². The Hall–Kier alpha value is -3.15. The third-order valence-electron chi connectivity index (χ3n) is 4.26. The Balaban J connectivity index is 2.10. The van der Waals surface area contributed by atoms with Crippen molar-refractivity contribution in [3.63, 3.8) is 0 Å². The third-order valence-corrected chi connectivity index (χ3v) is 4.26. The molecule has 2 N–H and O–H groups in total. The number of ether oxygens (including phenoxy) is 1. The number of nitrogens with zero attached hydrogens (tertiary/aromatic N) is 1. The lowest BCUT2D eigenvalue weighted by Crippen LogP contribution is -2.28. The zero-order valence-electron chi connectivity index (χ0n) is 16.7. The number of amides is 2. The number of carbonyl (C=O) groups excluding carboxylic acids is 1. The highest BCUT2D eigenvalue weighted by Crippen LogP contribution is 2.30. The zero-order chi connectivity index (χ0) is 20.7. The fourth-order valence-corrected chi connectivity index (χ4v) is 2.64. The summed E-state index contributed by atoms with van der Waals surface area (Å²) < 4.78 is 18.8. The SMILES string of the molecule is C=C(C)CC=Nc1ccc(OC)c(CNC(=O)Nc2ccc(F)c(C)c2)c1C. The van der Waals surface area contributed by atoms with Crippen molar-refractivity contribution in [2.75, 3.05) is 12.4 Å². The summed E-state index contributed by atoms with van der Waals surface area (Å²) in [4.78, 5) is 16.7. The van der Waals surface area contributed by atoms with Crippen LogP contribution in [0, 0.1) is 19.7 Å². The molecule has 0 bridgehead atoms. The third kappa shape index (κ3) is 5.67. The van der Waals surface area contributed by atoms with Crippen LogP contribution in [-0.2, 0) is 6.54 Å². The molecule has 148 valence electrons. The lowest BCUT2D eigenvalue weighted by atomic mass is 10.1. The second-order valence-electron chi connectivity index (χ2n) is 6.64. The van der Waals surface area contributed by atoms with Crippen LogP contribution in [0.5, 0.6) is 5.75 Å². The molecule has 6 heteroatoms. The van der Waals surface area contributed by atoms with Crippen molar-refractivity contribution < 1.29 is 13.9 Å². The molecule has 2 rings (SSSR count). The number of rotatable bonds is 7. The lowest BCUT2D eigenvalue weighted by molar-refractivity contribution is 0.251. The van der Waals surface area contributed by atoms with Crippen LogP contribution < -0.4 is 15.4 Å². The molecule has 2 aromatic carbocycles. The average Bonchev–Trinajstić information content (AvgIpc) is 2.64. The first-order valence-corrected chi connectivity index (χ1v) is 8.96. The summed E-state index contributed by atoms with van der Waals surface area (Å²) in [7, 11) is 1.59. The molecule has 0 aliphatic carbocycles. The van der Waals surface area contributed by atoms with E-state index in [9.17, 15) is 9.18 Å². The van der Waals surface area contributed by atoms with Crippen LogP contribution in [0.1, 0.15) is 30.0 Å². The normalized spacial score (nSPS) is 10.8. The maximum Gasteiger partial charge on any atom is 0.319 e. The van der Waals surface area contributed by atoms with Crippen LogP contribution in [0.3, 0.4) is 0 Å². The Morgan fingerprint density at radius 3 is 2.68 bits per heavy atom. The van der Waals surface area contributed by atoms with Gasteiger partial charge in [0.1, 0.15) is 11.6 Å². The highest BCUT2D eigenvalue weighted by molar-refractivity contribution is 5.89. The summed E-state index contributed by atoms with van der Waals surface area (Å²) >= 11 is 0. The molecule has 0 unspecified atom stereocenters. The van der Waals surface area contributed by atoms with Crippen molar-refractivity contribution in [2.45, 2.75) is 33.7 Å². The van der Waals surface area contributed by atoms with E-state index in [0.29, 0.717) is 23.4 Å². The molecule has 0 fully saturated rings. The molecule has 0 aliphatic rings. The van der Waals surface area contributed by atoms with Gasteiger partial charge in [-0.2, -0.15) is 0 Å². The number of benzene rings is 2. The standard InChI is InChI=1S/C22H26FN3O2/c1-14(2)10-11-24-20-8-9-21(28-5)18(16(20)4)13-25-22(27)26-17-6-7-19(23)15(3)12-17/h6-9,11-12H,1,10,13H2,2-5H3,(H2,25,26,27). The van der Waals surface area contributed by atoms with Gasteiger partial charge in [0.25, 0.3) is 0 Å². The Morgan fingerprint density at radius 1 is 1.29 bits per heavy atom. The Kier molecular flexibility index (Phi) is 7.32. The number of nitrogens with one attached hydrogen (secondary N) is 2. The van der Waals surface area contributed by atoms with Crippen LogP contribution in [-0.4, -0.2) is 19.4 Å². The molecule has 0 saturated heterocycles. The monoisotopic (exact) mass is 383 g/mol. The summed E-state index contributed by atoms with van der Waals surface area (Å²) in [6.45, 7) is 9.66. The number of aryl methyl sites for hydroxylation is 1. The van der Waals surface area contributed by atoms with Gasteiger partial charge in [-0.25, -0.2) is 9.18 Å². The average molecular weight is 383 g/mol. The second kappa shape index (κ2) is 9.69. The number of anilines is 1. The molecule has 0 aromatic heterocycles. The lowest BCUT2D eigenvalue weighted by Gasteiger charge is -2.15. The smallest absolute Gasteiger partial charge is 0.319 e. The predicted molar refractivity (Wildman–Crippen MR) is 112 cm³/mol. The fraction of sp³-hybridized carbons (Fsp3) is 0.273. The van der Waals surface area contributed by atoms with Crippen LogP contribution in [0.2, 0.25) is 0 Å². The number of urea groups is 1. The molecule has 28 heavy (non-hydrogen) atoms. The van der Waals surface area contributed by atoms with Gasteiger partial charge in [0, 0.05) is 30.4 Å². The molecule has 0 heterocycles. The largest absolute Gasteiger partial charge is 0.496 e. The van der Waals surface area contributed by atoms with E-state index >= 15 is 0 Å². The second-order valence-corrected chi connectivity index (χ2v) is 6.64. The molecule has 0 spiro atoms. The van der Waals surface area contributed by atoms with E-state index in [4.69, 9.17) is 4.74 Å². The van der Waals surface area contributed by atoms with Crippen LogP contribution in [0.25, 0.3) is 0 Å². The van der Waals surface area contributed by atoms with E-state index in [1.165, 1.54) is 12.1 Å². The fourth-order valence-electron chi connectivity index (χ4n) is 2.64. The van der Waals surface area contributed by atoms with Crippen LogP contribution >= 0.6 is 0 Å². The topological polar surface area (TPSA) is 62.7 Å². The van der Waals surface area contributed by atoms with Crippen molar-refractivity contribution in [3.8, 4) is 5.75 Å². The first-order valence-electron chi connectivity index (χ1n) is 8.96. The summed E-state index contributed by atoms with van der Waals surface area (Å²) in [5.41, 5.74) is 4.61. The van der Waals surface area contributed by atoms with Gasteiger partial charge in [0.05, 0.1) is 12.8 Å². The van der Waals surface area contributed by atoms with Crippen molar-refractivity contribution in [1.82, 2.24) is 5.32 Å². The molecule has 0 atom stereocenters. The Morgan fingerprint density at radius 2 is 2.04 bits per heavy atom. The minimum atomic E-state index is -0.386. The van der Waals surface area contributed by atoms with E-state index in [2.05, 4.69) is 22.2 Å². The van der Waals surface area contributed by atoms with Gasteiger partial charge in [-0.1, -0.05) is 12.2 Å². The van der Waals surface area contributed by atoms with Crippen molar-refractivity contribution in [2.24, 2.45) is 4.99 Å². The van der Waals surface area contributed by atoms with Gasteiger partial charge in [0.15, 0.2) is 0 Å². The number of methoxy groups -OCH3 is 1. The van der Waals surface area contributed by atoms with Gasteiger partial charge in [-0.15, -0.1) is 0 Å². The van der Waals surface area contributed by atoms with Crippen LogP contribution in [0.15, 0.2) is 47.5 Å². The first-order chi connectivity index (χ1) is 13.3. The van der Waals surface area contributed by atoms with Gasteiger partial charge >= 0.3 is 6.03 Å². The highest BCUT2D eigenvalue weighted by atomic mass is 19.1. The maximum atomic E-state index is 13.3. The summed E-state index contributed by atoms with van der Waals surface area (Å²) in [5.74, 6) is 0.365. The molecule has 5 nitrogen and oxygen atoms in total. The minimum Gasteiger partial charge on any atom is -0.496 e. The van der Waals surface area contributed by atoms with Gasteiger partial charge in [-0.3, -0.25) is 4.99 Å². The number of halogens is 1. The number of hydrogen-bond acceptors (Lipinski definition) is 3. The minimum absolute atomic E-state index is 0.269. The molecule has 0 aliphatic heterocycles. The zero-order valence-corrected chi connectivity index (χ0v) is 16.7. The highest BCUT2D eigenvalue weighted by Gasteiger charge is 2.12. The maximum absolute atomic E-state index is 13.3. The van der Waals surface area contributed by atoms with Gasteiger partial charge in [0.2, 0.25) is 0 Å². The molecule has 2 amide bonds. The number of hydrogen-bond donors (Lipinski definition) is 2. The van der Waals surface area contributed by atoms with Crippen molar-refractivity contribution in [1.29, 1.82) is 0 Å². The van der Waals surface area contributed by atoms with E-state index < -0.39 is 0 Å². The van der Waals surface area contributed by atoms with Crippen molar-refractivity contribution >= 4 is 23.6 Å². The Bertz CT molecular complexity index is 907. The predicted octanol–water partition coefficient (Wildman–Crippen LogP) is 5.44. The quantitative estimate of drug-likeness (QED) is 0.494. The number of aliphatic imine (C=N–C) groups is 1. The van der Waals surface area contributed by atoms with Crippen LogP contribution in [0.4, 0.5) is 20.6 Å². The summed E-state index contributed by atoms with van der Waals surface area (Å²) in [6.07, 6.45) is 2.52. The first kappa shape index (κ1) is 21.2. The number of carbonyl (C=O) groups is 1. The molecular weight excluding hydrogens is 357 g/mol. The summed E-state index contributed by atoms with van der Waals surface area (Å²) in [5, 5.41) is 5.51. The van der Waals surface area contributed by atoms with E-state index in [1.807, 2.05) is 32.2 Å². The van der Waals surface area contributed by atoms with Gasteiger partial charge in [-0.05, 0) is 62.2 Å². The molecule has 0 saturated carbocycles. The van der Waals surface area contributed by atoms with Crippen molar-refractivity contribution in [3.05, 3.63) is 65.0 Å². The molecule has 2 aromatic rings. The number of allylic oxidation sites excluding steroid dienone is 1. The van der Waals surface area contributed by atoms with E-state index in [1.54, 1.807) is 20.1 Å². The molecular formula is C22H26FN3O2. The van der Waals surface area contributed by atoms with E-state index in [-0.39, 0.29) is 18.4 Å². The molecule has 0 radical (unpaired) electrons. The summed E-state index contributed by atoms with van der Waals surface area (Å²) in [6, 6.07) is 7.75. The van der Waals surface area contributed by atoms with Gasteiger partial charge < -0.3 is 15.4 Å².